The predicted molar refractivity (Wildman–Crippen MR) is 145 cm³/mol. The van der Waals surface area contributed by atoms with Crippen molar-refractivity contribution in [3.05, 3.63) is 72.1 Å². The molecule has 0 atom stereocenters. The maximum atomic E-state index is 15.0. The van der Waals surface area contributed by atoms with E-state index in [1.54, 1.807) is 23.1 Å². The van der Waals surface area contributed by atoms with Gasteiger partial charge >= 0.3 is 0 Å². The lowest BCUT2D eigenvalue weighted by atomic mass is 10.1. The second kappa shape index (κ2) is 11.5. The first-order valence-corrected chi connectivity index (χ1v) is 12.7. The standard InChI is InChI=1S/C29H24F4N4O5/c1-40-23-13-19-22(14-24(23)41-2)34-15-35-28(19)42-18-11-20(30)25(21(31)12-18)26(38)27(39)36-16-3-5-17(6-4-16)37-9-7-29(32,33)8-10-37/h3-6,11-15H,7-10H2,1-2H3,(H,36,39). The molecule has 1 aromatic heterocycles. The Morgan fingerprint density at radius 3 is 2.14 bits per heavy atom. The van der Waals surface area contributed by atoms with E-state index in [-0.39, 0.29) is 43.2 Å². The fraction of sp³-hybridized carbons (Fsp3) is 0.241. The Morgan fingerprint density at radius 1 is 0.905 bits per heavy atom. The Bertz CT molecular complexity index is 1630. The molecule has 0 aliphatic carbocycles. The van der Waals surface area contributed by atoms with E-state index >= 15 is 0 Å². The molecule has 1 aliphatic heterocycles. The van der Waals surface area contributed by atoms with Crippen molar-refractivity contribution in [3.63, 3.8) is 0 Å². The summed E-state index contributed by atoms with van der Waals surface area (Å²) in [5, 5.41) is 2.66. The lowest BCUT2D eigenvalue weighted by molar-refractivity contribution is -0.112. The number of carbonyl (C=O) groups is 2. The molecule has 0 unspecified atom stereocenters. The molecular formula is C29H24F4N4O5. The van der Waals surface area contributed by atoms with Crippen LogP contribution in [0, 0.1) is 11.6 Å². The van der Waals surface area contributed by atoms with Crippen LogP contribution < -0.4 is 24.4 Å². The van der Waals surface area contributed by atoms with E-state index in [2.05, 4.69) is 15.3 Å². The first-order valence-electron chi connectivity index (χ1n) is 12.7. The van der Waals surface area contributed by atoms with Crippen LogP contribution in [-0.4, -0.2) is 54.9 Å². The van der Waals surface area contributed by atoms with Crippen molar-refractivity contribution in [1.82, 2.24) is 9.97 Å². The number of fused-ring (bicyclic) bond motifs is 1. The van der Waals surface area contributed by atoms with Gasteiger partial charge in [-0.05, 0) is 30.3 Å². The highest BCUT2D eigenvalue weighted by Crippen LogP contribution is 2.36. The van der Waals surface area contributed by atoms with Crippen LogP contribution in [0.1, 0.15) is 23.2 Å². The molecule has 4 aromatic rings. The summed E-state index contributed by atoms with van der Waals surface area (Å²) in [7, 11) is 2.89. The molecule has 2 heterocycles. The van der Waals surface area contributed by atoms with Gasteiger partial charge < -0.3 is 24.4 Å². The second-order valence-electron chi connectivity index (χ2n) is 9.44. The number of amides is 1. The van der Waals surface area contributed by atoms with E-state index in [0.717, 1.165) is 12.1 Å². The van der Waals surface area contributed by atoms with Crippen LogP contribution in [0.3, 0.4) is 0 Å². The molecule has 1 aliphatic rings. The molecule has 1 amide bonds. The van der Waals surface area contributed by atoms with E-state index in [1.807, 2.05) is 0 Å². The summed E-state index contributed by atoms with van der Waals surface area (Å²) in [4.78, 5) is 35.2. The number of nitrogens with one attached hydrogen (secondary N) is 1. The predicted octanol–water partition coefficient (Wildman–Crippen LogP) is 5.77. The minimum Gasteiger partial charge on any atom is -0.493 e. The molecule has 42 heavy (non-hydrogen) atoms. The van der Waals surface area contributed by atoms with Crippen molar-refractivity contribution in [2.45, 2.75) is 18.8 Å². The van der Waals surface area contributed by atoms with Crippen molar-refractivity contribution in [1.29, 1.82) is 0 Å². The Kier molecular flexibility index (Phi) is 7.83. The van der Waals surface area contributed by atoms with Crippen LogP contribution in [-0.2, 0) is 4.79 Å². The molecule has 3 aromatic carbocycles. The van der Waals surface area contributed by atoms with Gasteiger partial charge in [0.1, 0.15) is 23.7 Å². The average molecular weight is 585 g/mol. The van der Waals surface area contributed by atoms with E-state index in [4.69, 9.17) is 14.2 Å². The number of methoxy groups -OCH3 is 2. The number of alkyl halides is 2. The Hall–Kier alpha value is -4.94. The van der Waals surface area contributed by atoms with Crippen LogP contribution in [0.15, 0.2) is 54.9 Å². The number of halogens is 4. The van der Waals surface area contributed by atoms with Crippen LogP contribution >= 0.6 is 0 Å². The van der Waals surface area contributed by atoms with Gasteiger partial charge in [-0.2, -0.15) is 0 Å². The smallest absolute Gasteiger partial charge is 0.296 e. The summed E-state index contributed by atoms with van der Waals surface area (Å²) in [6.07, 6.45) is 0.664. The lowest BCUT2D eigenvalue weighted by Crippen LogP contribution is -2.39. The van der Waals surface area contributed by atoms with Crippen LogP contribution in [0.4, 0.5) is 28.9 Å². The molecule has 0 spiro atoms. The number of benzene rings is 3. The number of ether oxygens (including phenoxy) is 3. The molecule has 0 radical (unpaired) electrons. The number of hydrogen-bond donors (Lipinski definition) is 1. The minimum atomic E-state index is -2.69. The summed E-state index contributed by atoms with van der Waals surface area (Å²) in [5.41, 5.74) is 0.191. The van der Waals surface area contributed by atoms with Crippen LogP contribution in [0.2, 0.25) is 0 Å². The SMILES string of the molecule is COc1cc2ncnc(Oc3cc(F)c(C(=O)C(=O)Nc4ccc(N5CCC(F)(F)CC5)cc4)c(F)c3)c2cc1OC. The first-order chi connectivity index (χ1) is 20.1. The molecule has 5 rings (SSSR count). The highest BCUT2D eigenvalue weighted by atomic mass is 19.3. The fourth-order valence-corrected chi connectivity index (χ4v) is 4.53. The molecule has 1 fully saturated rings. The summed E-state index contributed by atoms with van der Waals surface area (Å²) in [5.74, 6) is -7.65. The number of ketones is 1. The molecule has 1 saturated heterocycles. The van der Waals surface area contributed by atoms with Crippen molar-refractivity contribution >= 4 is 34.0 Å². The average Bonchev–Trinajstić information content (AvgIpc) is 2.96. The van der Waals surface area contributed by atoms with Crippen molar-refractivity contribution < 1.29 is 41.4 Å². The van der Waals surface area contributed by atoms with E-state index in [9.17, 15) is 27.2 Å². The largest absolute Gasteiger partial charge is 0.493 e. The zero-order valence-corrected chi connectivity index (χ0v) is 22.4. The molecule has 1 N–H and O–H groups in total. The molecule has 0 saturated carbocycles. The molecule has 9 nitrogen and oxygen atoms in total. The van der Waals surface area contributed by atoms with Crippen LogP contribution in [0.25, 0.3) is 10.9 Å². The Balaban J connectivity index is 1.30. The van der Waals surface area contributed by atoms with Gasteiger partial charge in [0.25, 0.3) is 17.6 Å². The second-order valence-corrected chi connectivity index (χ2v) is 9.44. The summed E-state index contributed by atoms with van der Waals surface area (Å²) in [6.45, 7) is 0.345. The first kappa shape index (κ1) is 28.6. The zero-order valence-electron chi connectivity index (χ0n) is 22.4. The van der Waals surface area contributed by atoms with E-state index in [0.29, 0.717) is 28.1 Å². The number of carbonyl (C=O) groups excluding carboxylic acids is 2. The highest BCUT2D eigenvalue weighted by molar-refractivity contribution is 6.46. The third-order valence-corrected chi connectivity index (χ3v) is 6.75. The molecule has 218 valence electrons. The molecule has 13 heteroatoms. The van der Waals surface area contributed by atoms with Gasteiger partial charge in [0.05, 0.1) is 30.7 Å². The quantitative estimate of drug-likeness (QED) is 0.158. The summed E-state index contributed by atoms with van der Waals surface area (Å²) >= 11 is 0. The van der Waals surface area contributed by atoms with Gasteiger partial charge in [0, 0.05) is 55.5 Å². The minimum absolute atomic E-state index is 0.0433. The summed E-state index contributed by atoms with van der Waals surface area (Å²) in [6, 6.07) is 10.8. The third-order valence-electron chi connectivity index (χ3n) is 6.75. The number of rotatable bonds is 8. The van der Waals surface area contributed by atoms with Crippen LogP contribution in [0.5, 0.6) is 23.1 Å². The normalized spacial score (nSPS) is 14.4. The molecule has 0 bridgehead atoms. The van der Waals surface area contributed by atoms with Gasteiger partial charge in [-0.1, -0.05) is 0 Å². The Labute approximate surface area is 237 Å². The number of piperidine rings is 1. The molecular weight excluding hydrogens is 560 g/mol. The van der Waals surface area contributed by atoms with E-state index < -0.39 is 34.8 Å². The van der Waals surface area contributed by atoms with Gasteiger partial charge in [0.2, 0.25) is 5.88 Å². The maximum absolute atomic E-state index is 15.0. The topological polar surface area (TPSA) is 103 Å². The zero-order chi connectivity index (χ0) is 30.0. The van der Waals surface area contributed by atoms with Crippen molar-refractivity contribution in [2.24, 2.45) is 0 Å². The van der Waals surface area contributed by atoms with Gasteiger partial charge in [-0.3, -0.25) is 9.59 Å². The number of Topliss-reactive ketones (excluding diaryl/α,β-unsaturated/α-hetero) is 1. The van der Waals surface area contributed by atoms with Gasteiger partial charge in [-0.15, -0.1) is 0 Å². The van der Waals surface area contributed by atoms with Gasteiger partial charge in [0.15, 0.2) is 11.5 Å². The van der Waals surface area contributed by atoms with Crippen molar-refractivity contribution in [3.8, 4) is 23.1 Å². The highest BCUT2D eigenvalue weighted by Gasteiger charge is 2.34. The maximum Gasteiger partial charge on any atom is 0.296 e. The van der Waals surface area contributed by atoms with Crippen molar-refractivity contribution in [2.75, 3.05) is 37.5 Å². The fourth-order valence-electron chi connectivity index (χ4n) is 4.53. The van der Waals surface area contributed by atoms with Gasteiger partial charge in [-0.25, -0.2) is 27.5 Å². The lowest BCUT2D eigenvalue weighted by Gasteiger charge is -2.33. The monoisotopic (exact) mass is 584 g/mol. The summed E-state index contributed by atoms with van der Waals surface area (Å²) < 4.78 is 72.9. The third kappa shape index (κ3) is 5.90. The number of aromatic nitrogens is 2. The number of hydrogen-bond acceptors (Lipinski definition) is 8. The Morgan fingerprint density at radius 2 is 1.52 bits per heavy atom. The van der Waals surface area contributed by atoms with E-state index in [1.165, 1.54) is 38.7 Å². The number of anilines is 2. The number of nitrogens with zero attached hydrogens (tertiary/aromatic N) is 3.